The molecule has 2 aromatic heterocycles. The highest BCUT2D eigenvalue weighted by atomic mass is 32.1. The molecule has 4 nitrogen and oxygen atoms in total. The van der Waals surface area contributed by atoms with Gasteiger partial charge < -0.3 is 5.32 Å². The topological polar surface area (TPSA) is 42.7 Å². The van der Waals surface area contributed by atoms with Gasteiger partial charge in [-0.1, -0.05) is 0 Å². The molecule has 98 valence electrons. The molecule has 0 amide bonds. The molecule has 0 aromatic carbocycles. The highest BCUT2D eigenvalue weighted by molar-refractivity contribution is 7.11. The molecule has 1 atom stereocenters. The first-order valence-corrected chi connectivity index (χ1v) is 7.04. The first-order valence-electron chi connectivity index (χ1n) is 6.22. The van der Waals surface area contributed by atoms with Crippen LogP contribution >= 0.6 is 11.3 Å². The van der Waals surface area contributed by atoms with Crippen LogP contribution in [0.1, 0.15) is 34.1 Å². The summed E-state index contributed by atoms with van der Waals surface area (Å²) >= 11 is 1.76. The van der Waals surface area contributed by atoms with Crippen molar-refractivity contribution in [2.24, 2.45) is 0 Å². The number of hydrogen-bond acceptors (Lipinski definition) is 4. The molecule has 1 N–H and O–H groups in total. The zero-order valence-electron chi connectivity index (χ0n) is 11.4. The minimum absolute atomic E-state index is 0.298. The molecule has 0 radical (unpaired) electrons. The average molecular weight is 264 g/mol. The molecule has 1 unspecified atom stereocenters. The summed E-state index contributed by atoms with van der Waals surface area (Å²) in [5, 5.41) is 8.90. The summed E-state index contributed by atoms with van der Waals surface area (Å²) in [6.45, 7) is 10.2. The maximum Gasteiger partial charge on any atom is 0.0900 e. The lowest BCUT2D eigenvalue weighted by Crippen LogP contribution is -2.24. The SMILES string of the molecule is Cc1cnn(CCNC(C)c2nc(C)sc2C)c1. The molecule has 5 heteroatoms. The van der Waals surface area contributed by atoms with Gasteiger partial charge in [-0.25, -0.2) is 4.98 Å². The van der Waals surface area contributed by atoms with Crippen LogP contribution in [0.3, 0.4) is 0 Å². The third-order valence-electron chi connectivity index (χ3n) is 2.90. The predicted molar refractivity (Wildman–Crippen MR) is 75.0 cm³/mol. The maximum absolute atomic E-state index is 4.57. The maximum atomic E-state index is 4.57. The standard InChI is InChI=1S/C13H20N4S/c1-9-7-15-17(8-9)6-5-14-10(2)13-11(3)18-12(4)16-13/h7-8,10,14H,5-6H2,1-4H3. The first-order chi connectivity index (χ1) is 8.56. The smallest absolute Gasteiger partial charge is 0.0900 e. The van der Waals surface area contributed by atoms with Crippen molar-refractivity contribution in [2.75, 3.05) is 6.54 Å². The van der Waals surface area contributed by atoms with Crippen LogP contribution in [0.25, 0.3) is 0 Å². The lowest BCUT2D eigenvalue weighted by atomic mass is 10.2. The average Bonchev–Trinajstić information content (AvgIpc) is 2.85. The third-order valence-corrected chi connectivity index (χ3v) is 3.81. The Morgan fingerprint density at radius 2 is 2.17 bits per heavy atom. The monoisotopic (exact) mass is 264 g/mol. The molecule has 2 rings (SSSR count). The van der Waals surface area contributed by atoms with E-state index in [2.05, 4.69) is 49.3 Å². The zero-order chi connectivity index (χ0) is 13.1. The fourth-order valence-electron chi connectivity index (χ4n) is 2.03. The highest BCUT2D eigenvalue weighted by Gasteiger charge is 2.12. The molecule has 0 bridgehead atoms. The Hall–Kier alpha value is -1.20. The molecular weight excluding hydrogens is 244 g/mol. The third kappa shape index (κ3) is 3.17. The van der Waals surface area contributed by atoms with Gasteiger partial charge in [0.25, 0.3) is 0 Å². The van der Waals surface area contributed by atoms with Crippen LogP contribution in [0.2, 0.25) is 0 Å². The number of thiazole rings is 1. The molecule has 0 saturated carbocycles. The molecule has 0 aliphatic carbocycles. The number of hydrogen-bond donors (Lipinski definition) is 1. The van der Waals surface area contributed by atoms with E-state index in [4.69, 9.17) is 0 Å². The van der Waals surface area contributed by atoms with E-state index in [0.29, 0.717) is 6.04 Å². The Morgan fingerprint density at radius 1 is 1.39 bits per heavy atom. The van der Waals surface area contributed by atoms with Crippen LogP contribution in [0.5, 0.6) is 0 Å². The highest BCUT2D eigenvalue weighted by Crippen LogP contribution is 2.22. The summed E-state index contributed by atoms with van der Waals surface area (Å²) in [6.07, 6.45) is 3.95. The van der Waals surface area contributed by atoms with E-state index in [1.54, 1.807) is 11.3 Å². The van der Waals surface area contributed by atoms with Crippen LogP contribution < -0.4 is 5.32 Å². The summed E-state index contributed by atoms with van der Waals surface area (Å²) in [5.74, 6) is 0. The number of rotatable bonds is 5. The minimum Gasteiger partial charge on any atom is -0.307 e. The molecule has 0 saturated heterocycles. The molecule has 0 aliphatic rings. The lowest BCUT2D eigenvalue weighted by molar-refractivity contribution is 0.501. The minimum atomic E-state index is 0.298. The molecule has 2 heterocycles. The van der Waals surface area contributed by atoms with E-state index in [1.807, 2.05) is 10.9 Å². The van der Waals surface area contributed by atoms with Crippen molar-refractivity contribution in [3.8, 4) is 0 Å². The van der Waals surface area contributed by atoms with Crippen LogP contribution in [0, 0.1) is 20.8 Å². The predicted octanol–water partition coefficient (Wildman–Crippen LogP) is 2.62. The fraction of sp³-hybridized carbons (Fsp3) is 0.538. The molecular formula is C13H20N4S. The zero-order valence-corrected chi connectivity index (χ0v) is 12.2. The van der Waals surface area contributed by atoms with E-state index < -0.39 is 0 Å². The second-order valence-corrected chi connectivity index (χ2v) is 6.04. The van der Waals surface area contributed by atoms with Crippen LogP contribution in [-0.2, 0) is 6.54 Å². The van der Waals surface area contributed by atoms with Crippen molar-refractivity contribution in [3.05, 3.63) is 33.5 Å². The van der Waals surface area contributed by atoms with Gasteiger partial charge in [0.2, 0.25) is 0 Å². The molecule has 2 aromatic rings. The number of aryl methyl sites for hydroxylation is 3. The first kappa shape index (κ1) is 13.2. The van der Waals surface area contributed by atoms with Crippen molar-refractivity contribution >= 4 is 11.3 Å². The molecule has 0 fully saturated rings. The van der Waals surface area contributed by atoms with Gasteiger partial charge >= 0.3 is 0 Å². The van der Waals surface area contributed by atoms with Crippen LogP contribution in [-0.4, -0.2) is 21.3 Å². The Kier molecular flexibility index (Phi) is 4.14. The fourth-order valence-corrected chi connectivity index (χ4v) is 2.94. The van der Waals surface area contributed by atoms with Gasteiger partial charge in [0.15, 0.2) is 0 Å². The van der Waals surface area contributed by atoms with Crippen LogP contribution in [0.15, 0.2) is 12.4 Å². The van der Waals surface area contributed by atoms with E-state index in [1.165, 1.54) is 16.1 Å². The van der Waals surface area contributed by atoms with E-state index in [9.17, 15) is 0 Å². The number of nitrogens with one attached hydrogen (secondary N) is 1. The second kappa shape index (κ2) is 5.63. The van der Waals surface area contributed by atoms with Gasteiger partial charge in [-0.05, 0) is 33.3 Å². The summed E-state index contributed by atoms with van der Waals surface area (Å²) in [7, 11) is 0. The number of aromatic nitrogens is 3. The Labute approximate surface area is 112 Å². The number of nitrogens with zero attached hydrogens (tertiary/aromatic N) is 3. The van der Waals surface area contributed by atoms with Crippen molar-refractivity contribution in [3.63, 3.8) is 0 Å². The van der Waals surface area contributed by atoms with Crippen molar-refractivity contribution in [2.45, 2.75) is 40.3 Å². The quantitative estimate of drug-likeness (QED) is 0.902. The summed E-state index contributed by atoms with van der Waals surface area (Å²) in [5.41, 5.74) is 2.38. The normalized spacial score (nSPS) is 12.9. The summed E-state index contributed by atoms with van der Waals surface area (Å²) < 4.78 is 1.97. The summed E-state index contributed by atoms with van der Waals surface area (Å²) in [6, 6.07) is 0.298. The summed E-state index contributed by atoms with van der Waals surface area (Å²) in [4.78, 5) is 5.88. The van der Waals surface area contributed by atoms with E-state index in [0.717, 1.165) is 18.1 Å². The van der Waals surface area contributed by atoms with Gasteiger partial charge in [-0.3, -0.25) is 4.68 Å². The van der Waals surface area contributed by atoms with Gasteiger partial charge in [0.05, 0.1) is 23.4 Å². The van der Waals surface area contributed by atoms with Gasteiger partial charge in [0.1, 0.15) is 0 Å². The Bertz CT molecular complexity index is 515. The Morgan fingerprint density at radius 3 is 2.72 bits per heavy atom. The van der Waals surface area contributed by atoms with Gasteiger partial charge in [0, 0.05) is 23.7 Å². The van der Waals surface area contributed by atoms with E-state index >= 15 is 0 Å². The second-order valence-electron chi connectivity index (χ2n) is 4.63. The van der Waals surface area contributed by atoms with Crippen molar-refractivity contribution < 1.29 is 0 Å². The molecule has 0 spiro atoms. The Balaban J connectivity index is 1.85. The van der Waals surface area contributed by atoms with E-state index in [-0.39, 0.29) is 0 Å². The van der Waals surface area contributed by atoms with Crippen LogP contribution in [0.4, 0.5) is 0 Å². The van der Waals surface area contributed by atoms with Gasteiger partial charge in [-0.2, -0.15) is 5.10 Å². The molecule has 0 aliphatic heterocycles. The van der Waals surface area contributed by atoms with Crippen molar-refractivity contribution in [1.29, 1.82) is 0 Å². The van der Waals surface area contributed by atoms with Gasteiger partial charge in [-0.15, -0.1) is 11.3 Å². The molecule has 18 heavy (non-hydrogen) atoms. The van der Waals surface area contributed by atoms with Crippen molar-refractivity contribution in [1.82, 2.24) is 20.1 Å². The largest absolute Gasteiger partial charge is 0.307 e. The lowest BCUT2D eigenvalue weighted by Gasteiger charge is -2.12.